The second kappa shape index (κ2) is 6.43. The van der Waals surface area contributed by atoms with E-state index in [4.69, 9.17) is 15.2 Å². The number of rotatable bonds is 3. The van der Waals surface area contributed by atoms with E-state index < -0.39 is 0 Å². The summed E-state index contributed by atoms with van der Waals surface area (Å²) in [6, 6.07) is 6.09. The van der Waals surface area contributed by atoms with E-state index in [2.05, 4.69) is 10.3 Å². The summed E-state index contributed by atoms with van der Waals surface area (Å²) < 4.78 is 11.3. The van der Waals surface area contributed by atoms with Crippen LogP contribution in [0.15, 0.2) is 24.4 Å². The highest BCUT2D eigenvalue weighted by Gasteiger charge is 2.33. The van der Waals surface area contributed by atoms with E-state index in [1.165, 1.54) is 0 Å². The van der Waals surface area contributed by atoms with Crippen molar-refractivity contribution in [2.24, 2.45) is 17.6 Å². The molecule has 1 atom stereocenters. The minimum absolute atomic E-state index is 0.0299. The van der Waals surface area contributed by atoms with Crippen LogP contribution in [0.4, 0.5) is 5.69 Å². The normalized spacial score (nSPS) is 25.6. The third-order valence-corrected chi connectivity index (χ3v) is 5.53. The van der Waals surface area contributed by atoms with Crippen molar-refractivity contribution in [3.05, 3.63) is 24.4 Å². The number of amides is 1. The second-order valence-corrected chi connectivity index (χ2v) is 6.96. The minimum Gasteiger partial charge on any atom is -0.497 e. The monoisotopic (exact) mass is 341 g/mol. The van der Waals surface area contributed by atoms with Crippen molar-refractivity contribution in [1.82, 2.24) is 4.98 Å². The molecule has 1 unspecified atom stereocenters. The largest absolute Gasteiger partial charge is 0.497 e. The third kappa shape index (κ3) is 2.97. The SMILES string of the molecule is COc1ccc2ncc3c(c2c1)NC(C1CCC(C(N)=O)CC1)CO3. The average Bonchev–Trinajstić information content (AvgIpc) is 2.67. The maximum atomic E-state index is 11.4. The van der Waals surface area contributed by atoms with Gasteiger partial charge in [0.2, 0.25) is 5.91 Å². The molecule has 1 fully saturated rings. The number of anilines is 1. The highest BCUT2D eigenvalue weighted by Crippen LogP contribution is 2.40. The number of hydrogen-bond donors (Lipinski definition) is 2. The number of primary amides is 1. The van der Waals surface area contributed by atoms with Crippen LogP contribution in [0.2, 0.25) is 0 Å². The zero-order valence-corrected chi connectivity index (χ0v) is 14.3. The molecule has 6 heteroatoms. The van der Waals surface area contributed by atoms with Gasteiger partial charge in [-0.3, -0.25) is 9.78 Å². The number of methoxy groups -OCH3 is 1. The average molecular weight is 341 g/mol. The van der Waals surface area contributed by atoms with Crippen LogP contribution in [0.5, 0.6) is 11.5 Å². The fourth-order valence-corrected chi connectivity index (χ4v) is 4.01. The number of fused-ring (bicyclic) bond motifs is 3. The maximum absolute atomic E-state index is 11.4. The van der Waals surface area contributed by atoms with E-state index in [9.17, 15) is 4.79 Å². The molecule has 1 amide bonds. The maximum Gasteiger partial charge on any atom is 0.220 e. The number of ether oxygens (including phenoxy) is 2. The van der Waals surface area contributed by atoms with Crippen molar-refractivity contribution in [2.75, 3.05) is 19.0 Å². The lowest BCUT2D eigenvalue weighted by Crippen LogP contribution is -2.41. The molecule has 2 aliphatic rings. The Labute approximate surface area is 146 Å². The minimum atomic E-state index is -0.166. The molecule has 1 aromatic carbocycles. The molecule has 132 valence electrons. The molecule has 2 aromatic rings. The van der Waals surface area contributed by atoms with Gasteiger partial charge in [-0.1, -0.05) is 0 Å². The Hall–Kier alpha value is -2.50. The predicted molar refractivity (Wildman–Crippen MR) is 95.8 cm³/mol. The van der Waals surface area contributed by atoms with Crippen LogP contribution in [-0.4, -0.2) is 30.6 Å². The summed E-state index contributed by atoms with van der Waals surface area (Å²) in [4.78, 5) is 15.8. The summed E-state index contributed by atoms with van der Waals surface area (Å²) in [5.74, 6) is 1.93. The van der Waals surface area contributed by atoms with Gasteiger partial charge in [0, 0.05) is 11.3 Å². The fourth-order valence-electron chi connectivity index (χ4n) is 4.01. The molecule has 0 spiro atoms. The summed E-state index contributed by atoms with van der Waals surface area (Å²) in [6.07, 6.45) is 5.51. The van der Waals surface area contributed by atoms with E-state index in [1.807, 2.05) is 18.2 Å². The quantitative estimate of drug-likeness (QED) is 0.896. The number of carbonyl (C=O) groups is 1. The molecule has 6 nitrogen and oxygen atoms in total. The number of benzene rings is 1. The number of aromatic nitrogens is 1. The van der Waals surface area contributed by atoms with Crippen LogP contribution >= 0.6 is 0 Å². The van der Waals surface area contributed by atoms with Crippen LogP contribution in [0.3, 0.4) is 0 Å². The van der Waals surface area contributed by atoms with Crippen molar-refractivity contribution in [3.63, 3.8) is 0 Å². The predicted octanol–water partition coefficient (Wildman–Crippen LogP) is 2.71. The van der Waals surface area contributed by atoms with Crippen molar-refractivity contribution < 1.29 is 14.3 Å². The lowest BCUT2D eigenvalue weighted by Gasteiger charge is -2.37. The molecule has 1 saturated carbocycles. The Kier molecular flexibility index (Phi) is 4.11. The molecule has 0 radical (unpaired) electrons. The number of nitrogens with two attached hydrogens (primary N) is 1. The van der Waals surface area contributed by atoms with Gasteiger partial charge in [0.25, 0.3) is 0 Å². The van der Waals surface area contributed by atoms with Crippen LogP contribution in [0, 0.1) is 11.8 Å². The molecule has 1 aromatic heterocycles. The first-order valence-electron chi connectivity index (χ1n) is 8.81. The van der Waals surface area contributed by atoms with E-state index in [0.29, 0.717) is 12.5 Å². The van der Waals surface area contributed by atoms with Gasteiger partial charge >= 0.3 is 0 Å². The van der Waals surface area contributed by atoms with E-state index in [0.717, 1.165) is 53.8 Å². The van der Waals surface area contributed by atoms with E-state index in [1.54, 1.807) is 13.3 Å². The smallest absolute Gasteiger partial charge is 0.220 e. The summed E-state index contributed by atoms with van der Waals surface area (Å²) in [6.45, 7) is 0.621. The molecular formula is C19H23N3O3. The summed E-state index contributed by atoms with van der Waals surface area (Å²) in [7, 11) is 1.66. The molecule has 0 bridgehead atoms. The molecule has 0 saturated heterocycles. The van der Waals surface area contributed by atoms with Gasteiger partial charge in [-0.15, -0.1) is 0 Å². The van der Waals surface area contributed by atoms with Crippen LogP contribution in [0.1, 0.15) is 25.7 Å². The molecule has 1 aliphatic carbocycles. The Morgan fingerprint density at radius 2 is 2.12 bits per heavy atom. The molecule has 25 heavy (non-hydrogen) atoms. The fraction of sp³-hybridized carbons (Fsp3) is 0.474. The van der Waals surface area contributed by atoms with E-state index >= 15 is 0 Å². The molecular weight excluding hydrogens is 318 g/mol. The lowest BCUT2D eigenvalue weighted by molar-refractivity contribution is -0.123. The Bertz CT molecular complexity index is 795. The van der Waals surface area contributed by atoms with Gasteiger partial charge in [-0.05, 0) is 49.8 Å². The first kappa shape index (κ1) is 16.0. The van der Waals surface area contributed by atoms with Crippen LogP contribution in [-0.2, 0) is 4.79 Å². The van der Waals surface area contributed by atoms with Crippen molar-refractivity contribution in [2.45, 2.75) is 31.7 Å². The highest BCUT2D eigenvalue weighted by molar-refractivity contribution is 5.95. The Morgan fingerprint density at radius 3 is 2.84 bits per heavy atom. The number of hydrogen-bond acceptors (Lipinski definition) is 5. The highest BCUT2D eigenvalue weighted by atomic mass is 16.5. The number of carbonyl (C=O) groups excluding carboxylic acids is 1. The van der Waals surface area contributed by atoms with Gasteiger partial charge in [0.1, 0.15) is 12.4 Å². The third-order valence-electron chi connectivity index (χ3n) is 5.53. The van der Waals surface area contributed by atoms with Gasteiger partial charge in [0.05, 0.1) is 30.6 Å². The van der Waals surface area contributed by atoms with Crippen molar-refractivity contribution >= 4 is 22.5 Å². The second-order valence-electron chi connectivity index (χ2n) is 6.96. The summed E-state index contributed by atoms with van der Waals surface area (Å²) >= 11 is 0. The standard InChI is InChI=1S/C19H23N3O3/c1-24-13-6-7-15-14(8-13)18-17(9-21-15)25-10-16(22-18)11-2-4-12(5-3-11)19(20)23/h6-9,11-12,16,22H,2-5,10H2,1H3,(H2,20,23). The number of nitrogens with zero attached hydrogens (tertiary/aromatic N) is 1. The Morgan fingerprint density at radius 1 is 1.32 bits per heavy atom. The van der Waals surface area contributed by atoms with Crippen molar-refractivity contribution in [1.29, 1.82) is 0 Å². The lowest BCUT2D eigenvalue weighted by atomic mass is 9.78. The first-order chi connectivity index (χ1) is 12.2. The van der Waals surface area contributed by atoms with Gasteiger partial charge in [-0.25, -0.2) is 0 Å². The van der Waals surface area contributed by atoms with Crippen molar-refractivity contribution in [3.8, 4) is 11.5 Å². The molecule has 2 heterocycles. The van der Waals surface area contributed by atoms with E-state index in [-0.39, 0.29) is 17.9 Å². The number of nitrogens with one attached hydrogen (secondary N) is 1. The van der Waals surface area contributed by atoms with Gasteiger partial charge in [-0.2, -0.15) is 0 Å². The summed E-state index contributed by atoms with van der Waals surface area (Å²) in [5, 5.41) is 4.68. The van der Waals surface area contributed by atoms with Crippen LogP contribution < -0.4 is 20.5 Å². The Balaban J connectivity index is 1.58. The zero-order valence-electron chi connectivity index (χ0n) is 14.3. The van der Waals surface area contributed by atoms with Gasteiger partial charge in [0.15, 0.2) is 5.75 Å². The summed E-state index contributed by atoms with van der Waals surface area (Å²) in [5.41, 5.74) is 7.34. The topological polar surface area (TPSA) is 86.5 Å². The zero-order chi connectivity index (χ0) is 17.4. The number of pyridine rings is 1. The molecule has 4 rings (SSSR count). The van der Waals surface area contributed by atoms with Gasteiger partial charge < -0.3 is 20.5 Å². The first-order valence-corrected chi connectivity index (χ1v) is 8.81. The molecule has 1 aliphatic heterocycles. The molecule has 3 N–H and O–H groups in total. The van der Waals surface area contributed by atoms with Crippen LogP contribution in [0.25, 0.3) is 10.9 Å².